The molecule has 28 heavy (non-hydrogen) atoms. The van der Waals surface area contributed by atoms with Gasteiger partial charge >= 0.3 is 0 Å². The van der Waals surface area contributed by atoms with Crippen LogP contribution in [0, 0.1) is 20.8 Å². The van der Waals surface area contributed by atoms with E-state index in [1.54, 1.807) is 4.68 Å². The van der Waals surface area contributed by atoms with Gasteiger partial charge in [0.15, 0.2) is 0 Å². The van der Waals surface area contributed by atoms with Crippen molar-refractivity contribution in [1.29, 1.82) is 0 Å². The summed E-state index contributed by atoms with van der Waals surface area (Å²) < 4.78 is 7.18. The summed E-state index contributed by atoms with van der Waals surface area (Å²) in [5.74, 6) is 1.82. The molecule has 0 saturated heterocycles. The Hall–Kier alpha value is -3.22. The van der Waals surface area contributed by atoms with Crippen LogP contribution in [0.25, 0.3) is 5.95 Å². The Morgan fingerprint density at radius 3 is 2.46 bits per heavy atom. The number of hydrogen-bond donors (Lipinski definition) is 1. The Bertz CT molecular complexity index is 1020. The number of rotatable bonds is 4. The van der Waals surface area contributed by atoms with E-state index < -0.39 is 0 Å². The number of aryl methyl sites for hydroxylation is 3. The van der Waals surface area contributed by atoms with Crippen molar-refractivity contribution in [2.45, 2.75) is 40.0 Å². The van der Waals surface area contributed by atoms with Gasteiger partial charge in [0.05, 0.1) is 12.3 Å². The lowest BCUT2D eigenvalue weighted by Gasteiger charge is -2.24. The smallest absolute Gasteiger partial charge is 0.252 e. The molecule has 1 aliphatic heterocycles. The van der Waals surface area contributed by atoms with Crippen molar-refractivity contribution in [3.05, 3.63) is 58.5 Å². The van der Waals surface area contributed by atoms with Crippen molar-refractivity contribution < 1.29 is 9.53 Å². The standard InChI is InChI=1S/C21H23N5O2/c1-5-28-16-8-6-15(7-9-16)17-11-18(27)24-20-19(17)14(4)25-26(20)21-22-12(2)10-13(3)23-21/h6-10,17H,5,11H2,1-4H3,(H,24,27)/t17-/m1/s1. The normalized spacial score (nSPS) is 15.9. The van der Waals surface area contributed by atoms with E-state index in [0.717, 1.165) is 34.0 Å². The maximum absolute atomic E-state index is 12.5. The molecule has 1 aliphatic rings. The summed E-state index contributed by atoms with van der Waals surface area (Å²) in [4.78, 5) is 21.5. The fourth-order valence-electron chi connectivity index (χ4n) is 3.74. The molecule has 0 aliphatic carbocycles. The highest BCUT2D eigenvalue weighted by atomic mass is 16.5. The highest BCUT2D eigenvalue weighted by molar-refractivity contribution is 5.95. The van der Waals surface area contributed by atoms with Gasteiger partial charge in [-0.3, -0.25) is 4.79 Å². The molecule has 3 aromatic rings. The number of carbonyl (C=O) groups is 1. The van der Waals surface area contributed by atoms with E-state index in [9.17, 15) is 4.79 Å². The summed E-state index contributed by atoms with van der Waals surface area (Å²) in [5, 5.41) is 7.63. The first kappa shape index (κ1) is 18.2. The quantitative estimate of drug-likeness (QED) is 0.753. The van der Waals surface area contributed by atoms with Crippen LogP contribution in [0.3, 0.4) is 0 Å². The highest BCUT2D eigenvalue weighted by Gasteiger charge is 2.33. The van der Waals surface area contributed by atoms with E-state index >= 15 is 0 Å². The molecule has 0 spiro atoms. The number of ether oxygens (including phenoxy) is 1. The van der Waals surface area contributed by atoms with Crippen LogP contribution < -0.4 is 10.1 Å². The number of nitrogens with one attached hydrogen (secondary N) is 1. The number of benzene rings is 1. The number of aromatic nitrogens is 4. The van der Waals surface area contributed by atoms with Crippen LogP contribution in [0.15, 0.2) is 30.3 Å². The lowest BCUT2D eigenvalue weighted by Crippen LogP contribution is -2.25. The fourth-order valence-corrected chi connectivity index (χ4v) is 3.74. The molecule has 0 radical (unpaired) electrons. The first-order valence-electron chi connectivity index (χ1n) is 9.41. The zero-order valence-corrected chi connectivity index (χ0v) is 16.5. The molecule has 2 aromatic heterocycles. The first-order valence-corrected chi connectivity index (χ1v) is 9.41. The molecule has 7 nitrogen and oxygen atoms in total. The van der Waals surface area contributed by atoms with Crippen LogP contribution in [-0.4, -0.2) is 32.3 Å². The number of fused-ring (bicyclic) bond motifs is 1. The van der Waals surface area contributed by atoms with Crippen molar-refractivity contribution in [1.82, 2.24) is 19.7 Å². The zero-order valence-electron chi connectivity index (χ0n) is 16.5. The lowest BCUT2D eigenvalue weighted by molar-refractivity contribution is -0.116. The highest BCUT2D eigenvalue weighted by Crippen LogP contribution is 2.40. The van der Waals surface area contributed by atoms with Gasteiger partial charge < -0.3 is 10.1 Å². The lowest BCUT2D eigenvalue weighted by atomic mass is 9.86. The molecule has 0 bridgehead atoms. The largest absolute Gasteiger partial charge is 0.494 e. The molecule has 4 rings (SSSR count). The van der Waals surface area contributed by atoms with E-state index in [0.29, 0.717) is 24.8 Å². The van der Waals surface area contributed by atoms with Crippen molar-refractivity contribution in [3.63, 3.8) is 0 Å². The SMILES string of the molecule is CCOc1ccc([C@H]2CC(=O)Nc3c2c(C)nn3-c2nc(C)cc(C)n2)cc1. The minimum atomic E-state index is -0.0703. The number of nitrogens with zero attached hydrogens (tertiary/aromatic N) is 4. The third-order valence-electron chi connectivity index (χ3n) is 4.86. The zero-order chi connectivity index (χ0) is 19.8. The Labute approximate surface area is 163 Å². The van der Waals surface area contributed by atoms with E-state index in [2.05, 4.69) is 20.4 Å². The topological polar surface area (TPSA) is 81.9 Å². The van der Waals surface area contributed by atoms with Crippen molar-refractivity contribution in [2.75, 3.05) is 11.9 Å². The van der Waals surface area contributed by atoms with E-state index in [4.69, 9.17) is 4.74 Å². The summed E-state index contributed by atoms with van der Waals surface area (Å²) in [6.07, 6.45) is 0.376. The molecule has 1 amide bonds. The van der Waals surface area contributed by atoms with Crippen molar-refractivity contribution in [2.24, 2.45) is 0 Å². The maximum atomic E-state index is 12.5. The summed E-state index contributed by atoms with van der Waals surface area (Å²) in [5.41, 5.74) is 4.64. The second-order valence-electron chi connectivity index (χ2n) is 7.02. The van der Waals surface area contributed by atoms with Crippen LogP contribution in [0.5, 0.6) is 5.75 Å². The molecule has 3 heterocycles. The predicted octanol–water partition coefficient (Wildman–Crippen LogP) is 3.46. The number of amides is 1. The molecule has 7 heteroatoms. The number of carbonyl (C=O) groups excluding carboxylic acids is 1. The van der Waals surface area contributed by atoms with E-state index in [1.807, 2.05) is 58.0 Å². The van der Waals surface area contributed by atoms with E-state index in [1.165, 1.54) is 0 Å². The molecule has 0 saturated carbocycles. The van der Waals surface area contributed by atoms with Gasteiger partial charge in [-0.05, 0) is 51.5 Å². The Kier molecular flexibility index (Phi) is 4.58. The predicted molar refractivity (Wildman–Crippen MR) is 106 cm³/mol. The van der Waals surface area contributed by atoms with Gasteiger partial charge in [0, 0.05) is 29.3 Å². The van der Waals surface area contributed by atoms with Gasteiger partial charge in [0.2, 0.25) is 5.91 Å². The first-order chi connectivity index (χ1) is 13.5. The van der Waals surface area contributed by atoms with Gasteiger partial charge in [-0.2, -0.15) is 9.78 Å². The molecule has 1 atom stereocenters. The molecule has 0 unspecified atom stereocenters. The Balaban J connectivity index is 1.81. The third-order valence-corrected chi connectivity index (χ3v) is 4.86. The molecular formula is C21H23N5O2. The summed E-state index contributed by atoms with van der Waals surface area (Å²) >= 11 is 0. The average molecular weight is 377 g/mol. The van der Waals surface area contributed by atoms with E-state index in [-0.39, 0.29) is 11.8 Å². The van der Waals surface area contributed by atoms with Crippen LogP contribution in [-0.2, 0) is 4.79 Å². The van der Waals surface area contributed by atoms with Crippen molar-refractivity contribution >= 4 is 11.7 Å². The van der Waals surface area contributed by atoms with Crippen molar-refractivity contribution in [3.8, 4) is 11.7 Å². The van der Waals surface area contributed by atoms with Gasteiger partial charge in [-0.15, -0.1) is 0 Å². The number of anilines is 1. The van der Waals surface area contributed by atoms with Gasteiger partial charge in [-0.25, -0.2) is 9.97 Å². The van der Waals surface area contributed by atoms with Crippen LogP contribution in [0.4, 0.5) is 5.82 Å². The van der Waals surface area contributed by atoms with Gasteiger partial charge in [0.1, 0.15) is 11.6 Å². The maximum Gasteiger partial charge on any atom is 0.252 e. The second-order valence-corrected chi connectivity index (χ2v) is 7.02. The molecule has 1 aromatic carbocycles. The van der Waals surface area contributed by atoms with Crippen LogP contribution >= 0.6 is 0 Å². The summed E-state index contributed by atoms with van der Waals surface area (Å²) in [6, 6.07) is 9.83. The minimum Gasteiger partial charge on any atom is -0.494 e. The van der Waals surface area contributed by atoms with Gasteiger partial charge in [0.25, 0.3) is 5.95 Å². The Morgan fingerprint density at radius 2 is 1.82 bits per heavy atom. The summed E-state index contributed by atoms with van der Waals surface area (Å²) in [7, 11) is 0. The molecule has 1 N–H and O–H groups in total. The number of hydrogen-bond acceptors (Lipinski definition) is 5. The third kappa shape index (κ3) is 3.24. The second kappa shape index (κ2) is 7.07. The molecular weight excluding hydrogens is 354 g/mol. The monoisotopic (exact) mass is 377 g/mol. The molecule has 0 fully saturated rings. The Morgan fingerprint density at radius 1 is 1.14 bits per heavy atom. The average Bonchev–Trinajstić information content (AvgIpc) is 2.98. The minimum absolute atomic E-state index is 0.0445. The van der Waals surface area contributed by atoms with Crippen LogP contribution in [0.1, 0.15) is 47.5 Å². The molecule has 144 valence electrons. The van der Waals surface area contributed by atoms with Gasteiger partial charge in [-0.1, -0.05) is 12.1 Å². The summed E-state index contributed by atoms with van der Waals surface area (Å²) in [6.45, 7) is 8.37. The van der Waals surface area contributed by atoms with Crippen LogP contribution in [0.2, 0.25) is 0 Å². The fraction of sp³-hybridized carbons (Fsp3) is 0.333.